The number of hydrogen-bond acceptors (Lipinski definition) is 4. The molecular formula is C8H13N3O5. The summed E-state index contributed by atoms with van der Waals surface area (Å²) in [5, 5.41) is 24.2. The number of amides is 3. The average Bonchev–Trinajstić information content (AvgIpc) is 2.60. The maximum atomic E-state index is 11.2. The summed E-state index contributed by atoms with van der Waals surface area (Å²) in [6.07, 6.45) is 0.171. The Morgan fingerprint density at radius 3 is 2.69 bits per heavy atom. The minimum absolute atomic E-state index is 0.165. The molecule has 1 aliphatic heterocycles. The third-order valence-electron chi connectivity index (χ3n) is 2.10. The van der Waals surface area contributed by atoms with Gasteiger partial charge in [-0.15, -0.1) is 0 Å². The number of carbonyl (C=O) groups is 3. The van der Waals surface area contributed by atoms with Gasteiger partial charge in [-0.25, -0.2) is 9.59 Å². The van der Waals surface area contributed by atoms with Gasteiger partial charge in [0.2, 0.25) is 5.91 Å². The number of hydrogen-bond donors (Lipinski definition) is 5. The second-order valence-corrected chi connectivity index (χ2v) is 3.40. The van der Waals surface area contributed by atoms with Crippen LogP contribution < -0.4 is 16.0 Å². The number of rotatable bonds is 4. The van der Waals surface area contributed by atoms with Crippen molar-refractivity contribution in [2.75, 3.05) is 13.2 Å². The van der Waals surface area contributed by atoms with Gasteiger partial charge in [-0.2, -0.15) is 0 Å². The smallest absolute Gasteiger partial charge is 0.328 e. The SMILES string of the molecule is O=C1CC(NC(=O)N[C@H](CO)C(=O)O)CN1. The molecule has 90 valence electrons. The maximum absolute atomic E-state index is 11.2. The Labute approximate surface area is 91.0 Å². The van der Waals surface area contributed by atoms with E-state index in [4.69, 9.17) is 10.2 Å². The summed E-state index contributed by atoms with van der Waals surface area (Å²) in [6, 6.07) is -2.41. The first kappa shape index (κ1) is 12.2. The normalized spacial score (nSPS) is 21.1. The van der Waals surface area contributed by atoms with E-state index >= 15 is 0 Å². The zero-order valence-corrected chi connectivity index (χ0v) is 8.40. The van der Waals surface area contributed by atoms with Crippen molar-refractivity contribution in [3.63, 3.8) is 0 Å². The average molecular weight is 231 g/mol. The summed E-state index contributed by atoms with van der Waals surface area (Å²) in [6.45, 7) is -0.367. The van der Waals surface area contributed by atoms with Crippen molar-refractivity contribution in [2.45, 2.75) is 18.5 Å². The number of aliphatic hydroxyl groups excluding tert-OH is 1. The molecular weight excluding hydrogens is 218 g/mol. The summed E-state index contributed by atoms with van der Waals surface area (Å²) in [5.74, 6) is -1.49. The monoisotopic (exact) mass is 231 g/mol. The van der Waals surface area contributed by atoms with Gasteiger partial charge in [0.1, 0.15) is 0 Å². The summed E-state index contributed by atoms with van der Waals surface area (Å²) >= 11 is 0. The van der Waals surface area contributed by atoms with Crippen LogP contribution in [0.15, 0.2) is 0 Å². The van der Waals surface area contributed by atoms with E-state index in [1.807, 2.05) is 0 Å². The van der Waals surface area contributed by atoms with Crippen molar-refractivity contribution in [1.82, 2.24) is 16.0 Å². The number of carboxylic acid groups (broad SMARTS) is 1. The summed E-state index contributed by atoms with van der Waals surface area (Å²) in [7, 11) is 0. The number of nitrogens with one attached hydrogen (secondary N) is 3. The molecule has 8 heteroatoms. The highest BCUT2D eigenvalue weighted by Crippen LogP contribution is 1.98. The van der Waals surface area contributed by atoms with Gasteiger partial charge < -0.3 is 26.2 Å². The van der Waals surface area contributed by atoms with Gasteiger partial charge in [0.15, 0.2) is 6.04 Å². The Kier molecular flexibility index (Phi) is 4.06. The molecule has 1 fully saturated rings. The molecule has 8 nitrogen and oxygen atoms in total. The zero-order valence-electron chi connectivity index (χ0n) is 8.40. The molecule has 16 heavy (non-hydrogen) atoms. The lowest BCUT2D eigenvalue weighted by atomic mass is 10.2. The van der Waals surface area contributed by atoms with E-state index in [9.17, 15) is 14.4 Å². The first-order chi connectivity index (χ1) is 7.52. The topological polar surface area (TPSA) is 128 Å². The second-order valence-electron chi connectivity index (χ2n) is 3.40. The van der Waals surface area contributed by atoms with Gasteiger partial charge in [0.25, 0.3) is 0 Å². The predicted octanol–water partition coefficient (Wildman–Crippen LogP) is -2.38. The van der Waals surface area contributed by atoms with Crippen LogP contribution >= 0.6 is 0 Å². The fourth-order valence-corrected chi connectivity index (χ4v) is 1.28. The lowest BCUT2D eigenvalue weighted by Gasteiger charge is -2.15. The highest BCUT2D eigenvalue weighted by molar-refractivity contribution is 5.84. The van der Waals surface area contributed by atoms with Crippen LogP contribution in [0.2, 0.25) is 0 Å². The first-order valence-electron chi connectivity index (χ1n) is 4.70. The number of urea groups is 1. The minimum Gasteiger partial charge on any atom is -0.480 e. The van der Waals surface area contributed by atoms with E-state index in [1.54, 1.807) is 0 Å². The van der Waals surface area contributed by atoms with E-state index in [2.05, 4.69) is 16.0 Å². The predicted molar refractivity (Wildman–Crippen MR) is 51.6 cm³/mol. The van der Waals surface area contributed by atoms with Crippen molar-refractivity contribution in [3.05, 3.63) is 0 Å². The third-order valence-corrected chi connectivity index (χ3v) is 2.10. The van der Waals surface area contributed by atoms with Gasteiger partial charge in [0, 0.05) is 13.0 Å². The molecule has 0 aromatic carbocycles. The van der Waals surface area contributed by atoms with Gasteiger partial charge in [0.05, 0.1) is 12.6 Å². The highest BCUT2D eigenvalue weighted by Gasteiger charge is 2.25. The van der Waals surface area contributed by atoms with Crippen LogP contribution in [0.4, 0.5) is 4.79 Å². The molecule has 0 bridgehead atoms. The molecule has 1 aliphatic rings. The van der Waals surface area contributed by atoms with E-state index in [0.717, 1.165) is 0 Å². The fraction of sp³-hybridized carbons (Fsp3) is 0.625. The standard InChI is InChI=1S/C8H13N3O5/c12-3-5(7(14)15)11-8(16)10-4-1-6(13)9-2-4/h4-5,12H,1-3H2,(H,9,13)(H,14,15)(H2,10,11,16)/t4?,5-/m1/s1. The Morgan fingerprint density at radius 2 is 2.25 bits per heavy atom. The molecule has 0 spiro atoms. The van der Waals surface area contributed by atoms with Crippen LogP contribution in [0.3, 0.4) is 0 Å². The van der Waals surface area contributed by atoms with Crippen molar-refractivity contribution >= 4 is 17.9 Å². The number of carboxylic acids is 1. The molecule has 1 saturated heterocycles. The van der Waals surface area contributed by atoms with E-state index in [0.29, 0.717) is 6.54 Å². The van der Waals surface area contributed by atoms with E-state index < -0.39 is 24.6 Å². The largest absolute Gasteiger partial charge is 0.480 e. The van der Waals surface area contributed by atoms with Crippen molar-refractivity contribution in [1.29, 1.82) is 0 Å². The fourth-order valence-electron chi connectivity index (χ4n) is 1.28. The van der Waals surface area contributed by atoms with Gasteiger partial charge in [-0.05, 0) is 0 Å². The zero-order chi connectivity index (χ0) is 12.1. The molecule has 0 aliphatic carbocycles. The van der Waals surface area contributed by atoms with Gasteiger partial charge >= 0.3 is 12.0 Å². The molecule has 0 saturated carbocycles. The number of carbonyl (C=O) groups excluding carboxylic acids is 2. The van der Waals surface area contributed by atoms with Gasteiger partial charge in [-0.3, -0.25) is 4.79 Å². The number of aliphatic carboxylic acids is 1. The Bertz CT molecular complexity index is 306. The van der Waals surface area contributed by atoms with E-state index in [1.165, 1.54) is 0 Å². The van der Waals surface area contributed by atoms with Crippen LogP contribution in [0, 0.1) is 0 Å². The van der Waals surface area contributed by atoms with Crippen LogP contribution in [0.25, 0.3) is 0 Å². The molecule has 1 rings (SSSR count). The van der Waals surface area contributed by atoms with Crippen LogP contribution in [-0.4, -0.2) is 53.4 Å². The van der Waals surface area contributed by atoms with Crippen LogP contribution in [-0.2, 0) is 9.59 Å². The molecule has 2 atom stereocenters. The van der Waals surface area contributed by atoms with Crippen LogP contribution in [0.5, 0.6) is 0 Å². The lowest BCUT2D eigenvalue weighted by molar-refractivity contribution is -0.140. The summed E-state index contributed by atoms with van der Waals surface area (Å²) in [4.78, 5) is 32.5. The molecule has 0 radical (unpaired) electrons. The third kappa shape index (κ3) is 3.39. The summed E-state index contributed by atoms with van der Waals surface area (Å²) < 4.78 is 0. The molecule has 3 amide bonds. The lowest BCUT2D eigenvalue weighted by Crippen LogP contribution is -2.50. The van der Waals surface area contributed by atoms with Crippen LogP contribution in [0.1, 0.15) is 6.42 Å². The maximum Gasteiger partial charge on any atom is 0.328 e. The molecule has 0 aromatic heterocycles. The Hall–Kier alpha value is -1.83. The Balaban J connectivity index is 2.35. The van der Waals surface area contributed by atoms with E-state index in [-0.39, 0.29) is 18.4 Å². The molecule has 1 unspecified atom stereocenters. The molecule has 5 N–H and O–H groups in total. The van der Waals surface area contributed by atoms with Gasteiger partial charge in [-0.1, -0.05) is 0 Å². The second kappa shape index (κ2) is 5.31. The number of aliphatic hydroxyl groups is 1. The molecule has 1 heterocycles. The van der Waals surface area contributed by atoms with Crippen molar-refractivity contribution < 1.29 is 24.6 Å². The molecule has 0 aromatic rings. The summed E-state index contributed by atoms with van der Waals surface area (Å²) in [5.41, 5.74) is 0. The highest BCUT2D eigenvalue weighted by atomic mass is 16.4. The first-order valence-corrected chi connectivity index (χ1v) is 4.70. The quantitative estimate of drug-likeness (QED) is 0.369. The Morgan fingerprint density at radius 1 is 1.56 bits per heavy atom. The van der Waals surface area contributed by atoms with Crippen molar-refractivity contribution in [3.8, 4) is 0 Å². The minimum atomic E-state index is -1.34. The van der Waals surface area contributed by atoms with Crippen molar-refractivity contribution in [2.24, 2.45) is 0 Å².